The number of fused-ring (bicyclic) bond motifs is 3. The number of nitrogens with zero attached hydrogens (tertiary/aromatic N) is 1. The van der Waals surface area contributed by atoms with Crippen LogP contribution in [0.5, 0.6) is 0 Å². The predicted octanol–water partition coefficient (Wildman–Crippen LogP) is 8.73. The number of hydrogen-bond donors (Lipinski definition) is 1. The van der Waals surface area contributed by atoms with Gasteiger partial charge in [0.05, 0.1) is 21.7 Å². The number of rotatable bonds is 8. The lowest BCUT2D eigenvalue weighted by Gasteiger charge is -2.33. The van der Waals surface area contributed by atoms with Crippen LogP contribution >= 0.6 is 0 Å². The third kappa shape index (κ3) is 5.37. The molecule has 47 heavy (non-hydrogen) atoms. The largest absolute Gasteiger partial charge is 0.416 e. The summed E-state index contributed by atoms with van der Waals surface area (Å²) < 4.78 is 72.3. The molecular formula is C39H31F3N2O2S. The SMILES string of the molecule is Cc1ccc(S(=O)(=O)NCCc2c3n(c4ccccc24)C(c2ccccc2)(c2ccccc2)C=C3c2ccc(C(F)(F)F)cc2)cc1. The number of sulfonamides is 1. The lowest BCUT2D eigenvalue weighted by atomic mass is 9.82. The number of hydrogen-bond acceptors (Lipinski definition) is 2. The fourth-order valence-electron chi connectivity index (χ4n) is 6.70. The second kappa shape index (κ2) is 11.7. The van der Waals surface area contributed by atoms with Crippen LogP contribution in [-0.4, -0.2) is 19.5 Å². The Bertz CT molecular complexity index is 2170. The van der Waals surface area contributed by atoms with Crippen molar-refractivity contribution in [2.75, 3.05) is 6.54 Å². The van der Waals surface area contributed by atoms with Crippen LogP contribution in [0, 0.1) is 6.92 Å². The number of allylic oxidation sites excluding steroid dienone is 1. The Kier molecular flexibility index (Phi) is 7.65. The topological polar surface area (TPSA) is 51.1 Å². The molecule has 0 saturated heterocycles. The molecule has 6 aromatic rings. The molecule has 0 radical (unpaired) electrons. The molecule has 1 N–H and O–H groups in total. The third-order valence-electron chi connectivity index (χ3n) is 8.89. The Hall–Kier alpha value is -4.92. The van der Waals surface area contributed by atoms with Crippen molar-refractivity contribution in [2.45, 2.75) is 30.0 Å². The highest BCUT2D eigenvalue weighted by atomic mass is 32.2. The van der Waals surface area contributed by atoms with E-state index >= 15 is 0 Å². The second-order valence-corrected chi connectivity index (χ2v) is 13.5. The van der Waals surface area contributed by atoms with Gasteiger partial charge in [-0.3, -0.25) is 0 Å². The molecule has 0 bridgehead atoms. The highest BCUT2D eigenvalue weighted by Crippen LogP contribution is 2.51. The van der Waals surface area contributed by atoms with Crippen LogP contribution in [0.1, 0.15) is 39.1 Å². The number of benzene rings is 5. The first-order valence-corrected chi connectivity index (χ1v) is 16.8. The van der Waals surface area contributed by atoms with E-state index in [1.807, 2.05) is 67.6 Å². The van der Waals surface area contributed by atoms with Gasteiger partial charge in [-0.05, 0) is 72.0 Å². The highest BCUT2D eigenvalue weighted by molar-refractivity contribution is 7.89. The third-order valence-corrected chi connectivity index (χ3v) is 10.4. The zero-order valence-corrected chi connectivity index (χ0v) is 26.3. The molecule has 4 nitrogen and oxygen atoms in total. The molecule has 8 heteroatoms. The molecule has 2 heterocycles. The molecule has 0 aliphatic carbocycles. The molecule has 236 valence electrons. The van der Waals surface area contributed by atoms with Crippen molar-refractivity contribution in [1.82, 2.24) is 9.29 Å². The minimum atomic E-state index is -4.46. The standard InChI is InChI=1S/C39H31F3N2O2S/c1-27-16-22-32(23-17-27)47(45,46)43-25-24-34-33-14-8-9-15-36(33)44-37(34)35(28-18-20-31(21-19-28)39(40,41)42)26-38(44,29-10-4-2-5-11-29)30-12-6-3-7-13-30/h2-23,26,43H,24-25H2,1H3. The first-order valence-electron chi connectivity index (χ1n) is 15.3. The summed E-state index contributed by atoms with van der Waals surface area (Å²) in [5.74, 6) is 0. The Morgan fingerprint density at radius 1 is 0.723 bits per heavy atom. The van der Waals surface area contributed by atoms with Gasteiger partial charge >= 0.3 is 6.18 Å². The van der Waals surface area contributed by atoms with E-state index in [-0.39, 0.29) is 11.4 Å². The average Bonchev–Trinajstić information content (AvgIpc) is 3.60. The van der Waals surface area contributed by atoms with Gasteiger partial charge in [-0.15, -0.1) is 0 Å². The van der Waals surface area contributed by atoms with Crippen molar-refractivity contribution in [3.05, 3.63) is 179 Å². The maximum atomic E-state index is 13.6. The summed E-state index contributed by atoms with van der Waals surface area (Å²) in [6, 6.07) is 40.0. The minimum absolute atomic E-state index is 0.126. The summed E-state index contributed by atoms with van der Waals surface area (Å²) in [7, 11) is -3.77. The fourth-order valence-corrected chi connectivity index (χ4v) is 7.73. The van der Waals surface area contributed by atoms with Crippen LogP contribution in [0.3, 0.4) is 0 Å². The van der Waals surface area contributed by atoms with Crippen molar-refractivity contribution in [1.29, 1.82) is 0 Å². The van der Waals surface area contributed by atoms with Crippen molar-refractivity contribution < 1.29 is 21.6 Å². The van der Waals surface area contributed by atoms with Gasteiger partial charge in [-0.2, -0.15) is 13.2 Å². The first kappa shape index (κ1) is 30.7. The van der Waals surface area contributed by atoms with Gasteiger partial charge in [0.1, 0.15) is 5.54 Å². The predicted molar refractivity (Wildman–Crippen MR) is 180 cm³/mol. The Morgan fingerprint density at radius 2 is 1.30 bits per heavy atom. The number of aromatic nitrogens is 1. The van der Waals surface area contributed by atoms with Gasteiger partial charge in [0.2, 0.25) is 10.0 Å². The number of aryl methyl sites for hydroxylation is 1. The molecule has 0 atom stereocenters. The summed E-state index contributed by atoms with van der Waals surface area (Å²) >= 11 is 0. The Morgan fingerprint density at radius 3 is 1.89 bits per heavy atom. The van der Waals surface area contributed by atoms with Crippen LogP contribution in [0.25, 0.3) is 16.5 Å². The molecule has 7 rings (SSSR count). The molecule has 0 amide bonds. The van der Waals surface area contributed by atoms with Crippen LogP contribution in [-0.2, 0) is 28.2 Å². The Labute approximate surface area is 271 Å². The molecular weight excluding hydrogens is 618 g/mol. The van der Waals surface area contributed by atoms with E-state index in [0.717, 1.165) is 56.6 Å². The van der Waals surface area contributed by atoms with Gasteiger partial charge in [-0.25, -0.2) is 13.1 Å². The second-order valence-electron chi connectivity index (χ2n) is 11.8. The monoisotopic (exact) mass is 648 g/mol. The summed E-state index contributed by atoms with van der Waals surface area (Å²) in [6.45, 7) is 2.02. The Balaban J connectivity index is 1.44. The normalized spacial score (nSPS) is 14.3. The average molecular weight is 649 g/mol. The summed E-state index contributed by atoms with van der Waals surface area (Å²) in [6.07, 6.45) is -1.97. The molecule has 1 aliphatic rings. The van der Waals surface area contributed by atoms with Crippen molar-refractivity contribution in [3.8, 4) is 0 Å². The maximum absolute atomic E-state index is 13.6. The molecule has 0 fully saturated rings. The molecule has 1 aliphatic heterocycles. The fraction of sp³-hybridized carbons (Fsp3) is 0.128. The van der Waals surface area contributed by atoms with Gasteiger partial charge < -0.3 is 4.57 Å². The van der Waals surface area contributed by atoms with Crippen molar-refractivity contribution in [3.63, 3.8) is 0 Å². The number of para-hydroxylation sites is 1. The van der Waals surface area contributed by atoms with E-state index in [2.05, 4.69) is 39.6 Å². The molecule has 0 unspecified atom stereocenters. The van der Waals surface area contributed by atoms with Gasteiger partial charge in [0.15, 0.2) is 0 Å². The zero-order chi connectivity index (χ0) is 32.8. The van der Waals surface area contributed by atoms with Gasteiger partial charge in [0, 0.05) is 17.5 Å². The quantitative estimate of drug-likeness (QED) is 0.180. The molecule has 0 saturated carbocycles. The van der Waals surface area contributed by atoms with E-state index < -0.39 is 27.3 Å². The maximum Gasteiger partial charge on any atom is 0.416 e. The van der Waals surface area contributed by atoms with E-state index in [9.17, 15) is 21.6 Å². The number of alkyl halides is 3. The smallest absolute Gasteiger partial charge is 0.322 e. The lowest BCUT2D eigenvalue weighted by Crippen LogP contribution is -2.32. The lowest BCUT2D eigenvalue weighted by molar-refractivity contribution is -0.137. The van der Waals surface area contributed by atoms with Gasteiger partial charge in [-0.1, -0.05) is 109 Å². The zero-order valence-electron chi connectivity index (χ0n) is 25.5. The van der Waals surface area contributed by atoms with Crippen LogP contribution in [0.15, 0.2) is 144 Å². The van der Waals surface area contributed by atoms with Crippen LogP contribution in [0.4, 0.5) is 13.2 Å². The first-order chi connectivity index (χ1) is 22.6. The van der Waals surface area contributed by atoms with Crippen LogP contribution in [0.2, 0.25) is 0 Å². The van der Waals surface area contributed by atoms with E-state index in [0.29, 0.717) is 12.0 Å². The summed E-state index contributed by atoms with van der Waals surface area (Å²) in [5, 5.41) is 0.950. The molecule has 1 aromatic heterocycles. The van der Waals surface area contributed by atoms with Gasteiger partial charge in [0.25, 0.3) is 0 Å². The van der Waals surface area contributed by atoms with E-state index in [4.69, 9.17) is 0 Å². The van der Waals surface area contributed by atoms with Crippen LogP contribution < -0.4 is 4.72 Å². The summed E-state index contributed by atoms with van der Waals surface area (Å²) in [4.78, 5) is 0.188. The number of halogens is 3. The minimum Gasteiger partial charge on any atom is -0.322 e. The molecule has 0 spiro atoms. The van der Waals surface area contributed by atoms with Crippen molar-refractivity contribution >= 4 is 26.5 Å². The van der Waals surface area contributed by atoms with E-state index in [1.165, 1.54) is 12.1 Å². The van der Waals surface area contributed by atoms with E-state index in [1.54, 1.807) is 24.3 Å². The highest BCUT2D eigenvalue weighted by Gasteiger charge is 2.44. The number of nitrogens with one attached hydrogen (secondary N) is 1. The van der Waals surface area contributed by atoms with Crippen molar-refractivity contribution in [2.24, 2.45) is 0 Å². The summed E-state index contributed by atoms with van der Waals surface area (Å²) in [5.41, 5.74) is 5.48. The molecule has 5 aromatic carbocycles.